The molecular weight excluding hydrogens is 352 g/mol. The average Bonchev–Trinajstić information content (AvgIpc) is 3.11. The van der Waals surface area contributed by atoms with Gasteiger partial charge in [0.15, 0.2) is 0 Å². The summed E-state index contributed by atoms with van der Waals surface area (Å²) in [6.07, 6.45) is 9.65. The Kier molecular flexibility index (Phi) is 5.61. The van der Waals surface area contributed by atoms with Gasteiger partial charge in [-0.3, -0.25) is 9.59 Å². The summed E-state index contributed by atoms with van der Waals surface area (Å²) >= 11 is 0. The Balaban J connectivity index is 1.63. The van der Waals surface area contributed by atoms with E-state index in [1.165, 1.54) is 6.42 Å². The number of methoxy groups -OCH3 is 1. The molecule has 2 amide bonds. The lowest BCUT2D eigenvalue weighted by atomic mass is 9.68. The van der Waals surface area contributed by atoms with Crippen molar-refractivity contribution in [3.05, 3.63) is 29.8 Å². The third-order valence-electron chi connectivity index (χ3n) is 7.07. The van der Waals surface area contributed by atoms with Crippen LogP contribution in [0.2, 0.25) is 0 Å². The summed E-state index contributed by atoms with van der Waals surface area (Å²) in [6, 6.07) is 8.37. The molecule has 0 unspecified atom stereocenters. The summed E-state index contributed by atoms with van der Waals surface area (Å²) in [5.41, 5.74) is 0.697. The first-order chi connectivity index (χ1) is 13.6. The first-order valence-electron chi connectivity index (χ1n) is 10.9. The Hall–Kier alpha value is -2.04. The quantitative estimate of drug-likeness (QED) is 0.867. The number of fused-ring (bicyclic) bond motifs is 1. The highest BCUT2D eigenvalue weighted by molar-refractivity contribution is 5.89. The number of nitrogens with zero attached hydrogens (tertiary/aromatic N) is 1. The number of likely N-dealkylation sites (tertiary alicyclic amines) is 1. The molecule has 1 saturated carbocycles. The molecule has 5 heteroatoms. The minimum atomic E-state index is -0.425. The molecule has 4 rings (SSSR count). The number of amides is 2. The minimum Gasteiger partial charge on any atom is -0.497 e. The maximum absolute atomic E-state index is 14.0. The van der Waals surface area contributed by atoms with E-state index in [0.717, 1.165) is 69.2 Å². The Bertz CT molecular complexity index is 709. The summed E-state index contributed by atoms with van der Waals surface area (Å²) in [7, 11) is 1.67. The zero-order chi connectivity index (χ0) is 19.6. The number of hydrogen-bond acceptors (Lipinski definition) is 3. The van der Waals surface area contributed by atoms with Crippen LogP contribution in [0.1, 0.15) is 69.8 Å². The lowest BCUT2D eigenvalue weighted by Crippen LogP contribution is -2.53. The van der Waals surface area contributed by atoms with Crippen LogP contribution in [-0.2, 0) is 15.0 Å². The third-order valence-corrected chi connectivity index (χ3v) is 7.07. The number of nitrogens with one attached hydrogen (secondary N) is 1. The fourth-order valence-corrected chi connectivity index (χ4v) is 5.52. The van der Waals surface area contributed by atoms with E-state index in [0.29, 0.717) is 6.42 Å². The van der Waals surface area contributed by atoms with Crippen LogP contribution in [0.5, 0.6) is 5.75 Å². The van der Waals surface area contributed by atoms with E-state index in [-0.39, 0.29) is 23.9 Å². The Morgan fingerprint density at radius 3 is 2.54 bits per heavy atom. The molecule has 5 nitrogen and oxygen atoms in total. The second-order valence-electron chi connectivity index (χ2n) is 8.65. The van der Waals surface area contributed by atoms with Crippen molar-refractivity contribution in [2.75, 3.05) is 13.7 Å². The zero-order valence-electron chi connectivity index (χ0n) is 16.9. The smallest absolute Gasteiger partial charge is 0.233 e. The first kappa shape index (κ1) is 19.3. The van der Waals surface area contributed by atoms with Gasteiger partial charge in [-0.05, 0) is 49.8 Å². The molecule has 0 radical (unpaired) electrons. The summed E-state index contributed by atoms with van der Waals surface area (Å²) in [4.78, 5) is 28.2. The number of benzene rings is 1. The maximum atomic E-state index is 14.0. The summed E-state index contributed by atoms with van der Waals surface area (Å²) in [5.74, 6) is 1.25. The molecule has 3 aliphatic rings. The van der Waals surface area contributed by atoms with Gasteiger partial charge in [-0.15, -0.1) is 0 Å². The number of hydrogen-bond donors (Lipinski definition) is 1. The van der Waals surface area contributed by atoms with Crippen molar-refractivity contribution in [3.8, 4) is 5.75 Å². The molecule has 2 saturated heterocycles. The van der Waals surface area contributed by atoms with Gasteiger partial charge in [-0.1, -0.05) is 37.8 Å². The molecule has 28 heavy (non-hydrogen) atoms. The van der Waals surface area contributed by atoms with Crippen LogP contribution in [0.4, 0.5) is 0 Å². The first-order valence-corrected chi connectivity index (χ1v) is 10.9. The minimum absolute atomic E-state index is 0.119. The van der Waals surface area contributed by atoms with Crippen molar-refractivity contribution in [2.24, 2.45) is 0 Å². The van der Waals surface area contributed by atoms with Gasteiger partial charge in [0.2, 0.25) is 11.8 Å². The van der Waals surface area contributed by atoms with Crippen LogP contribution in [0.3, 0.4) is 0 Å². The standard InChI is InChI=1S/C23H32N2O3/c1-28-18-11-9-17(10-12-18)23(14-5-2-6-15-23)22(27)25-16-13-19-20(25)7-3-4-8-21(26)24-19/h9-12,19-20H,2-8,13-16H2,1H3,(H,24,26)/t19-,20+/m0/s1. The van der Waals surface area contributed by atoms with Gasteiger partial charge in [0.05, 0.1) is 24.6 Å². The van der Waals surface area contributed by atoms with Gasteiger partial charge in [0.1, 0.15) is 5.75 Å². The predicted molar refractivity (Wildman–Crippen MR) is 108 cm³/mol. The molecule has 0 aromatic heterocycles. The van der Waals surface area contributed by atoms with E-state index in [4.69, 9.17) is 4.74 Å². The SMILES string of the molecule is COc1ccc(C2(C(=O)N3CC[C@@H]4NC(=O)CCCC[C@H]43)CCCCC2)cc1. The molecule has 152 valence electrons. The highest BCUT2D eigenvalue weighted by atomic mass is 16.5. The lowest BCUT2D eigenvalue weighted by Gasteiger charge is -2.42. The molecular formula is C23H32N2O3. The summed E-state index contributed by atoms with van der Waals surface area (Å²) in [5, 5.41) is 3.19. The Morgan fingerprint density at radius 2 is 1.82 bits per heavy atom. The van der Waals surface area contributed by atoms with E-state index >= 15 is 0 Å². The molecule has 0 bridgehead atoms. The number of rotatable bonds is 3. The van der Waals surface area contributed by atoms with Crippen molar-refractivity contribution in [1.82, 2.24) is 10.2 Å². The highest BCUT2D eigenvalue weighted by Gasteiger charge is 2.48. The molecule has 2 atom stereocenters. The molecule has 1 aromatic carbocycles. The van der Waals surface area contributed by atoms with Crippen molar-refractivity contribution >= 4 is 11.8 Å². The number of carbonyl (C=O) groups is 2. The Labute approximate surface area is 167 Å². The van der Waals surface area contributed by atoms with Crippen LogP contribution >= 0.6 is 0 Å². The zero-order valence-corrected chi connectivity index (χ0v) is 16.9. The van der Waals surface area contributed by atoms with E-state index < -0.39 is 5.41 Å². The van der Waals surface area contributed by atoms with Crippen molar-refractivity contribution < 1.29 is 14.3 Å². The van der Waals surface area contributed by atoms with Crippen LogP contribution < -0.4 is 10.1 Å². The van der Waals surface area contributed by atoms with Crippen molar-refractivity contribution in [3.63, 3.8) is 0 Å². The van der Waals surface area contributed by atoms with Crippen LogP contribution in [0.25, 0.3) is 0 Å². The van der Waals surface area contributed by atoms with E-state index in [2.05, 4.69) is 22.3 Å². The maximum Gasteiger partial charge on any atom is 0.233 e. The van der Waals surface area contributed by atoms with Gasteiger partial charge in [-0.25, -0.2) is 0 Å². The molecule has 1 aliphatic carbocycles. The van der Waals surface area contributed by atoms with Crippen molar-refractivity contribution in [1.29, 1.82) is 0 Å². The highest BCUT2D eigenvalue weighted by Crippen LogP contribution is 2.43. The third kappa shape index (κ3) is 3.51. The molecule has 2 aliphatic heterocycles. The largest absolute Gasteiger partial charge is 0.497 e. The molecule has 1 N–H and O–H groups in total. The summed E-state index contributed by atoms with van der Waals surface area (Å²) < 4.78 is 5.32. The lowest BCUT2D eigenvalue weighted by molar-refractivity contribution is -0.140. The van der Waals surface area contributed by atoms with E-state index in [1.54, 1.807) is 7.11 Å². The summed E-state index contributed by atoms with van der Waals surface area (Å²) in [6.45, 7) is 0.756. The fraction of sp³-hybridized carbons (Fsp3) is 0.652. The second-order valence-corrected chi connectivity index (χ2v) is 8.65. The second kappa shape index (κ2) is 8.14. The number of carbonyl (C=O) groups excluding carboxylic acids is 2. The van der Waals surface area contributed by atoms with E-state index in [9.17, 15) is 9.59 Å². The monoisotopic (exact) mass is 384 g/mol. The van der Waals surface area contributed by atoms with Gasteiger partial charge in [0, 0.05) is 13.0 Å². The normalized spacial score (nSPS) is 27.3. The van der Waals surface area contributed by atoms with Crippen LogP contribution in [0, 0.1) is 0 Å². The topological polar surface area (TPSA) is 58.6 Å². The van der Waals surface area contributed by atoms with Crippen LogP contribution in [0.15, 0.2) is 24.3 Å². The molecule has 3 fully saturated rings. The van der Waals surface area contributed by atoms with Gasteiger partial charge >= 0.3 is 0 Å². The average molecular weight is 385 g/mol. The number of ether oxygens (including phenoxy) is 1. The fourth-order valence-electron chi connectivity index (χ4n) is 5.52. The predicted octanol–water partition coefficient (Wildman–Crippen LogP) is 3.56. The molecule has 0 spiro atoms. The van der Waals surface area contributed by atoms with Crippen LogP contribution in [-0.4, -0.2) is 42.5 Å². The van der Waals surface area contributed by atoms with Gasteiger partial charge in [0.25, 0.3) is 0 Å². The van der Waals surface area contributed by atoms with Gasteiger partial charge in [-0.2, -0.15) is 0 Å². The Morgan fingerprint density at radius 1 is 1.07 bits per heavy atom. The van der Waals surface area contributed by atoms with E-state index in [1.807, 2.05) is 12.1 Å². The molecule has 1 aromatic rings. The van der Waals surface area contributed by atoms with Crippen molar-refractivity contribution in [2.45, 2.75) is 81.7 Å². The molecule has 2 heterocycles. The van der Waals surface area contributed by atoms with Gasteiger partial charge < -0.3 is 15.0 Å².